The van der Waals surface area contributed by atoms with Crippen molar-refractivity contribution < 1.29 is 13.5 Å². The van der Waals surface area contributed by atoms with Crippen molar-refractivity contribution in [1.29, 1.82) is 0 Å². The monoisotopic (exact) mass is 409 g/mol. The second kappa shape index (κ2) is 6.86. The molecule has 150 valence electrons. The third-order valence-corrected chi connectivity index (χ3v) is 6.96. The van der Waals surface area contributed by atoms with E-state index in [1.165, 1.54) is 3.97 Å². The van der Waals surface area contributed by atoms with E-state index in [0.29, 0.717) is 11.0 Å². The molecular weight excluding hydrogens is 386 g/mol. The highest BCUT2D eigenvalue weighted by Crippen LogP contribution is 2.29. The normalized spacial score (nSPS) is 12.0. The van der Waals surface area contributed by atoms with Crippen molar-refractivity contribution in [2.75, 3.05) is 0 Å². The van der Waals surface area contributed by atoms with E-state index in [1.54, 1.807) is 30.3 Å². The molecule has 0 saturated carbocycles. The van der Waals surface area contributed by atoms with Gasteiger partial charge in [-0.25, -0.2) is 17.4 Å². The second-order valence-electron chi connectivity index (χ2n) is 7.36. The summed E-state index contributed by atoms with van der Waals surface area (Å²) < 4.78 is 29.9. The van der Waals surface area contributed by atoms with Gasteiger partial charge in [0.1, 0.15) is 5.82 Å². The van der Waals surface area contributed by atoms with Gasteiger partial charge in [-0.05, 0) is 69.7 Å². The molecule has 7 heteroatoms. The van der Waals surface area contributed by atoms with Gasteiger partial charge in [0, 0.05) is 11.4 Å². The number of aryl methyl sites for hydroxylation is 4. The van der Waals surface area contributed by atoms with Gasteiger partial charge in [-0.1, -0.05) is 17.7 Å². The van der Waals surface area contributed by atoms with E-state index < -0.39 is 16.6 Å². The van der Waals surface area contributed by atoms with Crippen LogP contribution < -0.4 is 0 Å². The van der Waals surface area contributed by atoms with Crippen LogP contribution in [0.4, 0.5) is 0 Å². The minimum Gasteiger partial charge on any atom is -0.390 e. The Morgan fingerprint density at radius 1 is 0.931 bits per heavy atom. The molecule has 0 saturated heterocycles. The zero-order valence-electron chi connectivity index (χ0n) is 16.8. The lowest BCUT2D eigenvalue weighted by atomic mass is 10.2. The number of hydrogen-bond acceptors (Lipinski definition) is 4. The van der Waals surface area contributed by atoms with Crippen LogP contribution in [0.25, 0.3) is 16.9 Å². The summed E-state index contributed by atoms with van der Waals surface area (Å²) in [5, 5.41) is 9.87. The first-order chi connectivity index (χ1) is 13.7. The molecular formula is C22H23N3O3S. The van der Waals surface area contributed by atoms with E-state index >= 15 is 0 Å². The molecule has 0 amide bonds. The maximum Gasteiger partial charge on any atom is 0.268 e. The molecule has 0 unspecified atom stereocenters. The zero-order chi connectivity index (χ0) is 20.9. The van der Waals surface area contributed by atoms with Crippen LogP contribution in [0, 0.1) is 27.7 Å². The fourth-order valence-electron chi connectivity index (χ4n) is 3.68. The number of aliphatic hydroxyl groups is 1. The Kier molecular flexibility index (Phi) is 4.59. The van der Waals surface area contributed by atoms with Crippen LogP contribution in [0.1, 0.15) is 28.2 Å². The molecule has 1 aromatic carbocycles. The van der Waals surface area contributed by atoms with Crippen LogP contribution in [-0.2, 0) is 16.6 Å². The summed E-state index contributed by atoms with van der Waals surface area (Å²) in [6.45, 7) is 7.42. The van der Waals surface area contributed by atoms with Crippen molar-refractivity contribution in [2.45, 2.75) is 39.2 Å². The molecule has 0 aliphatic rings. The first-order valence-corrected chi connectivity index (χ1v) is 10.8. The lowest BCUT2D eigenvalue weighted by Crippen LogP contribution is -2.16. The van der Waals surface area contributed by atoms with Gasteiger partial charge in [0.05, 0.1) is 28.2 Å². The molecule has 1 N–H and O–H groups in total. The quantitative estimate of drug-likeness (QED) is 0.556. The highest BCUT2D eigenvalue weighted by atomic mass is 32.2. The SMILES string of the molecule is Cc1ccc(S(=O)(=O)n2c(CO)cc3nc(-n4c(C)ccc4C)c(C)cc32)cc1. The predicted octanol–water partition coefficient (Wildman–Crippen LogP) is 3.79. The van der Waals surface area contributed by atoms with Crippen LogP contribution in [0.3, 0.4) is 0 Å². The number of pyridine rings is 1. The number of rotatable bonds is 4. The Bertz CT molecular complexity index is 1310. The highest BCUT2D eigenvalue weighted by Gasteiger charge is 2.24. The first kappa shape index (κ1) is 19.4. The Labute approximate surface area is 170 Å². The number of aliphatic hydroxyl groups excluding tert-OH is 1. The molecule has 4 rings (SSSR count). The molecule has 0 fully saturated rings. The summed E-state index contributed by atoms with van der Waals surface area (Å²) in [6.07, 6.45) is 0. The van der Waals surface area contributed by atoms with Crippen molar-refractivity contribution >= 4 is 21.1 Å². The van der Waals surface area contributed by atoms with Crippen LogP contribution in [-0.4, -0.2) is 27.0 Å². The van der Waals surface area contributed by atoms with Gasteiger partial charge in [0.25, 0.3) is 10.0 Å². The summed E-state index contributed by atoms with van der Waals surface area (Å²) >= 11 is 0. The van der Waals surface area contributed by atoms with Crippen LogP contribution in [0.2, 0.25) is 0 Å². The second-order valence-corrected chi connectivity index (χ2v) is 9.15. The summed E-state index contributed by atoms with van der Waals surface area (Å²) in [5.74, 6) is 0.756. The number of fused-ring (bicyclic) bond motifs is 1. The minimum absolute atomic E-state index is 0.175. The van der Waals surface area contributed by atoms with Gasteiger partial charge in [0.2, 0.25) is 0 Å². The average Bonchev–Trinajstić information content (AvgIpc) is 3.21. The van der Waals surface area contributed by atoms with E-state index in [4.69, 9.17) is 4.98 Å². The van der Waals surface area contributed by atoms with Gasteiger partial charge < -0.3 is 9.67 Å². The predicted molar refractivity (Wildman–Crippen MR) is 113 cm³/mol. The molecule has 4 aromatic rings. The van der Waals surface area contributed by atoms with Gasteiger partial charge in [-0.3, -0.25) is 0 Å². The fourth-order valence-corrected chi connectivity index (χ4v) is 5.20. The number of hydrogen-bond donors (Lipinski definition) is 1. The molecule has 0 bridgehead atoms. The molecule has 0 radical (unpaired) electrons. The Balaban J connectivity index is 1.99. The molecule has 0 spiro atoms. The van der Waals surface area contributed by atoms with Crippen molar-refractivity contribution in [3.05, 3.63) is 76.7 Å². The number of benzene rings is 1. The first-order valence-electron chi connectivity index (χ1n) is 9.34. The Morgan fingerprint density at radius 2 is 1.55 bits per heavy atom. The van der Waals surface area contributed by atoms with E-state index in [1.807, 2.05) is 50.5 Å². The van der Waals surface area contributed by atoms with Crippen LogP contribution in [0.15, 0.2) is 53.4 Å². The van der Waals surface area contributed by atoms with Crippen molar-refractivity contribution in [3.63, 3.8) is 0 Å². The maximum absolute atomic E-state index is 13.4. The van der Waals surface area contributed by atoms with E-state index in [-0.39, 0.29) is 10.6 Å². The molecule has 0 atom stereocenters. The summed E-state index contributed by atoms with van der Waals surface area (Å²) in [6, 6.07) is 14.2. The average molecular weight is 410 g/mol. The smallest absolute Gasteiger partial charge is 0.268 e. The van der Waals surface area contributed by atoms with E-state index in [0.717, 1.165) is 28.3 Å². The topological polar surface area (TPSA) is 77.1 Å². The van der Waals surface area contributed by atoms with Crippen molar-refractivity contribution in [1.82, 2.24) is 13.5 Å². The van der Waals surface area contributed by atoms with Gasteiger partial charge in [0.15, 0.2) is 0 Å². The summed E-state index contributed by atoms with van der Waals surface area (Å²) in [5.41, 5.74) is 5.19. The molecule has 0 aliphatic carbocycles. The summed E-state index contributed by atoms with van der Waals surface area (Å²) in [7, 11) is -3.87. The minimum atomic E-state index is -3.87. The molecule has 6 nitrogen and oxygen atoms in total. The highest BCUT2D eigenvalue weighted by molar-refractivity contribution is 7.90. The Hall–Kier alpha value is -2.90. The van der Waals surface area contributed by atoms with Gasteiger partial charge in [-0.2, -0.15) is 0 Å². The van der Waals surface area contributed by atoms with E-state index in [9.17, 15) is 13.5 Å². The van der Waals surface area contributed by atoms with E-state index in [2.05, 4.69) is 0 Å². The largest absolute Gasteiger partial charge is 0.390 e. The molecule has 3 aromatic heterocycles. The van der Waals surface area contributed by atoms with Gasteiger partial charge in [-0.15, -0.1) is 0 Å². The van der Waals surface area contributed by atoms with Crippen molar-refractivity contribution in [3.8, 4) is 5.82 Å². The summed E-state index contributed by atoms with van der Waals surface area (Å²) in [4.78, 5) is 4.93. The van der Waals surface area contributed by atoms with Crippen LogP contribution >= 0.6 is 0 Å². The van der Waals surface area contributed by atoms with Crippen molar-refractivity contribution in [2.24, 2.45) is 0 Å². The molecule has 3 heterocycles. The molecule has 0 aliphatic heterocycles. The lowest BCUT2D eigenvalue weighted by molar-refractivity contribution is 0.276. The molecule has 29 heavy (non-hydrogen) atoms. The number of nitrogens with zero attached hydrogens (tertiary/aromatic N) is 3. The maximum atomic E-state index is 13.4. The Morgan fingerprint density at radius 3 is 2.14 bits per heavy atom. The standard InChI is InChI=1S/C22H23N3O3S/c1-14-5-9-19(10-6-14)29(27,28)25-18(13-26)12-20-21(25)11-15(2)22(23-20)24-16(3)7-8-17(24)4/h5-12,26H,13H2,1-4H3. The van der Waals surface area contributed by atoms with Crippen LogP contribution in [0.5, 0.6) is 0 Å². The lowest BCUT2D eigenvalue weighted by Gasteiger charge is -2.14. The third kappa shape index (κ3) is 3.07. The third-order valence-electron chi connectivity index (χ3n) is 5.18. The fraction of sp³-hybridized carbons (Fsp3) is 0.227. The zero-order valence-corrected chi connectivity index (χ0v) is 17.7. The van der Waals surface area contributed by atoms with Gasteiger partial charge >= 0.3 is 0 Å². The number of aromatic nitrogens is 3.